The first-order valence-electron chi connectivity index (χ1n) is 3.26. The van der Waals surface area contributed by atoms with Crippen LogP contribution < -0.4 is 0 Å². The number of thiophene rings is 1. The number of hydrogen-bond donors (Lipinski definition) is 0. The Labute approximate surface area is 68.3 Å². The van der Waals surface area contributed by atoms with Gasteiger partial charge in [0.25, 0.3) is 0 Å². The van der Waals surface area contributed by atoms with Crippen LogP contribution in [0.1, 0.15) is 4.88 Å². The molecule has 11 heavy (non-hydrogen) atoms. The highest BCUT2D eigenvalue weighted by atomic mass is 32.1. The molecule has 0 aliphatic carbocycles. The summed E-state index contributed by atoms with van der Waals surface area (Å²) in [7, 11) is 0. The molecule has 1 radical (unpaired) electrons. The summed E-state index contributed by atoms with van der Waals surface area (Å²) in [6.07, 6.45) is 1.92. The minimum Gasteiger partial charge on any atom is -0.284 e. The first-order chi connectivity index (χ1) is 5.42. The van der Waals surface area contributed by atoms with Gasteiger partial charge in [0.05, 0.1) is 4.88 Å². The maximum absolute atomic E-state index is 10.4. The molecule has 1 aromatic heterocycles. The molecule has 0 saturated heterocycles. The zero-order valence-electron chi connectivity index (χ0n) is 5.70. The molecule has 0 amide bonds. The largest absolute Gasteiger partial charge is 0.284 e. The number of fused-ring (bicyclic) bond motifs is 1. The van der Waals surface area contributed by atoms with Crippen LogP contribution in [-0.2, 0) is 4.79 Å². The number of benzene rings is 1. The Morgan fingerprint density at radius 3 is 2.91 bits per heavy atom. The summed E-state index contributed by atoms with van der Waals surface area (Å²) >= 11 is 1.44. The number of hydrogen-bond acceptors (Lipinski definition) is 2. The van der Waals surface area contributed by atoms with E-state index in [1.807, 2.05) is 35.9 Å². The molecule has 0 aliphatic heterocycles. The molecule has 0 bridgehead atoms. The standard InChI is InChI=1S/C9H5OS/c10-5-9-8-4-2-1-3-7(8)6-11-9/h1-4,6H. The van der Waals surface area contributed by atoms with Gasteiger partial charge in [0, 0.05) is 5.39 Å². The van der Waals surface area contributed by atoms with E-state index in [4.69, 9.17) is 0 Å². The maximum Gasteiger partial charge on any atom is 0.244 e. The minimum atomic E-state index is 0.695. The Hall–Kier alpha value is -1.15. The molecule has 2 heteroatoms. The quantitative estimate of drug-likeness (QED) is 0.627. The zero-order valence-corrected chi connectivity index (χ0v) is 6.52. The van der Waals surface area contributed by atoms with Crippen molar-refractivity contribution in [1.29, 1.82) is 0 Å². The predicted molar refractivity (Wildman–Crippen MR) is 46.6 cm³/mol. The van der Waals surface area contributed by atoms with Crippen molar-refractivity contribution in [2.75, 3.05) is 0 Å². The van der Waals surface area contributed by atoms with E-state index in [2.05, 4.69) is 0 Å². The van der Waals surface area contributed by atoms with Crippen LogP contribution in [0.15, 0.2) is 29.6 Å². The zero-order chi connectivity index (χ0) is 7.68. The summed E-state index contributed by atoms with van der Waals surface area (Å²) in [6.45, 7) is 0. The third-order valence-electron chi connectivity index (χ3n) is 1.60. The molecular formula is C9H5OS. The maximum atomic E-state index is 10.4. The SMILES string of the molecule is O=[C]c1scc2ccccc12. The van der Waals surface area contributed by atoms with Crippen molar-refractivity contribution in [3.63, 3.8) is 0 Å². The van der Waals surface area contributed by atoms with Crippen LogP contribution in [0.3, 0.4) is 0 Å². The van der Waals surface area contributed by atoms with Gasteiger partial charge in [-0.1, -0.05) is 24.3 Å². The molecule has 1 aromatic carbocycles. The molecule has 0 fully saturated rings. The Balaban J connectivity index is 2.86. The van der Waals surface area contributed by atoms with Crippen molar-refractivity contribution in [2.24, 2.45) is 0 Å². The topological polar surface area (TPSA) is 17.1 Å². The molecule has 0 atom stereocenters. The van der Waals surface area contributed by atoms with E-state index in [0.29, 0.717) is 4.88 Å². The van der Waals surface area contributed by atoms with Gasteiger partial charge in [0.2, 0.25) is 6.29 Å². The Morgan fingerprint density at radius 2 is 2.09 bits per heavy atom. The Kier molecular flexibility index (Phi) is 1.47. The van der Waals surface area contributed by atoms with Gasteiger partial charge in [-0.25, -0.2) is 0 Å². The first kappa shape index (κ1) is 6.55. The second-order valence-electron chi connectivity index (χ2n) is 2.25. The van der Waals surface area contributed by atoms with Gasteiger partial charge < -0.3 is 0 Å². The molecule has 1 nitrogen and oxygen atoms in total. The summed E-state index contributed by atoms with van der Waals surface area (Å²) < 4.78 is 0. The highest BCUT2D eigenvalue weighted by Crippen LogP contribution is 2.23. The van der Waals surface area contributed by atoms with Gasteiger partial charge in [-0.2, -0.15) is 0 Å². The van der Waals surface area contributed by atoms with Gasteiger partial charge in [-0.15, -0.1) is 11.3 Å². The fourth-order valence-electron chi connectivity index (χ4n) is 1.07. The van der Waals surface area contributed by atoms with Crippen LogP contribution >= 0.6 is 11.3 Å². The van der Waals surface area contributed by atoms with Crippen LogP contribution in [0, 0.1) is 0 Å². The molecule has 0 unspecified atom stereocenters. The smallest absolute Gasteiger partial charge is 0.244 e. The summed E-state index contributed by atoms with van der Waals surface area (Å²) in [4.78, 5) is 11.1. The van der Waals surface area contributed by atoms with E-state index in [9.17, 15) is 4.79 Å². The molecule has 0 spiro atoms. The predicted octanol–water partition coefficient (Wildman–Crippen LogP) is 2.36. The molecule has 0 saturated carbocycles. The van der Waals surface area contributed by atoms with Crippen LogP contribution in [-0.4, -0.2) is 6.29 Å². The van der Waals surface area contributed by atoms with E-state index in [1.165, 1.54) is 11.3 Å². The monoisotopic (exact) mass is 161 g/mol. The van der Waals surface area contributed by atoms with Crippen molar-refractivity contribution in [2.45, 2.75) is 0 Å². The van der Waals surface area contributed by atoms with Crippen LogP contribution in [0.4, 0.5) is 0 Å². The van der Waals surface area contributed by atoms with Crippen molar-refractivity contribution in [1.82, 2.24) is 0 Å². The first-order valence-corrected chi connectivity index (χ1v) is 4.14. The van der Waals surface area contributed by atoms with Crippen molar-refractivity contribution < 1.29 is 4.79 Å². The third-order valence-corrected chi connectivity index (χ3v) is 2.51. The fourth-order valence-corrected chi connectivity index (χ4v) is 1.88. The molecule has 0 N–H and O–H groups in total. The third kappa shape index (κ3) is 0.955. The van der Waals surface area contributed by atoms with Crippen LogP contribution in [0.5, 0.6) is 0 Å². The lowest BCUT2D eigenvalue weighted by Gasteiger charge is -1.85. The van der Waals surface area contributed by atoms with E-state index >= 15 is 0 Å². The summed E-state index contributed by atoms with van der Waals surface area (Å²) in [5.74, 6) is 0. The van der Waals surface area contributed by atoms with Crippen LogP contribution in [0.2, 0.25) is 0 Å². The highest BCUT2D eigenvalue weighted by Gasteiger charge is 2.00. The van der Waals surface area contributed by atoms with E-state index in [-0.39, 0.29) is 0 Å². The Bertz CT molecular complexity index is 389. The van der Waals surface area contributed by atoms with Crippen LogP contribution in [0.25, 0.3) is 10.8 Å². The highest BCUT2D eigenvalue weighted by molar-refractivity contribution is 7.13. The summed E-state index contributed by atoms with van der Waals surface area (Å²) in [5, 5.41) is 4.10. The number of rotatable bonds is 1. The van der Waals surface area contributed by atoms with E-state index in [0.717, 1.165) is 10.8 Å². The van der Waals surface area contributed by atoms with Gasteiger partial charge in [0.1, 0.15) is 0 Å². The minimum absolute atomic E-state index is 0.695. The molecule has 2 aromatic rings. The second-order valence-corrected chi connectivity index (χ2v) is 3.13. The normalized spacial score (nSPS) is 10.2. The van der Waals surface area contributed by atoms with Gasteiger partial charge >= 0.3 is 0 Å². The molecule has 53 valence electrons. The van der Waals surface area contributed by atoms with Gasteiger partial charge in [0.15, 0.2) is 0 Å². The van der Waals surface area contributed by atoms with Gasteiger partial charge in [-0.05, 0) is 10.8 Å². The molecule has 2 rings (SSSR count). The van der Waals surface area contributed by atoms with E-state index < -0.39 is 0 Å². The molecular weight excluding hydrogens is 156 g/mol. The lowest BCUT2D eigenvalue weighted by molar-refractivity contribution is 0.564. The van der Waals surface area contributed by atoms with Crippen molar-refractivity contribution in [3.05, 3.63) is 34.5 Å². The van der Waals surface area contributed by atoms with E-state index in [1.54, 1.807) is 0 Å². The van der Waals surface area contributed by atoms with Crippen molar-refractivity contribution >= 4 is 28.4 Å². The Morgan fingerprint density at radius 1 is 1.27 bits per heavy atom. The summed E-state index contributed by atoms with van der Waals surface area (Å²) in [5.41, 5.74) is 0. The fraction of sp³-hybridized carbons (Fsp3) is 0. The molecule has 1 heterocycles. The van der Waals surface area contributed by atoms with Gasteiger partial charge in [-0.3, -0.25) is 4.79 Å². The lowest BCUT2D eigenvalue weighted by atomic mass is 10.2. The molecule has 0 aliphatic rings. The lowest BCUT2D eigenvalue weighted by Crippen LogP contribution is -1.71. The van der Waals surface area contributed by atoms with Crippen molar-refractivity contribution in [3.8, 4) is 0 Å². The average Bonchev–Trinajstić information content (AvgIpc) is 2.47. The average molecular weight is 161 g/mol. The number of carbonyl (C=O) groups excluding carboxylic acids is 1. The summed E-state index contributed by atoms with van der Waals surface area (Å²) in [6, 6.07) is 7.82. The second kappa shape index (κ2) is 2.47.